The van der Waals surface area contributed by atoms with E-state index in [0.29, 0.717) is 5.92 Å². The second kappa shape index (κ2) is 6.29. The highest BCUT2D eigenvalue weighted by Gasteiger charge is 2.37. The van der Waals surface area contributed by atoms with E-state index in [2.05, 4.69) is 13.8 Å². The molecule has 0 saturated heterocycles. The number of benzene rings is 1. The van der Waals surface area contributed by atoms with E-state index in [0.717, 1.165) is 17.0 Å². The molecular formula is C18H28N2O2. The third-order valence-corrected chi connectivity index (χ3v) is 4.20. The van der Waals surface area contributed by atoms with Crippen molar-refractivity contribution in [3.05, 3.63) is 23.8 Å². The van der Waals surface area contributed by atoms with Crippen molar-refractivity contribution in [2.24, 2.45) is 17.6 Å². The van der Waals surface area contributed by atoms with Crippen molar-refractivity contribution in [3.63, 3.8) is 0 Å². The molecule has 122 valence electrons. The Morgan fingerprint density at radius 1 is 1.14 bits per heavy atom. The lowest BCUT2D eigenvalue weighted by molar-refractivity contribution is -0.128. The first kappa shape index (κ1) is 16.8. The summed E-state index contributed by atoms with van der Waals surface area (Å²) in [6, 6.07) is 6.01. The summed E-state index contributed by atoms with van der Waals surface area (Å²) in [6.45, 7) is 12.3. The lowest BCUT2D eigenvalue weighted by atomic mass is 9.95. The Balaban J connectivity index is 2.49. The molecule has 1 aromatic rings. The fourth-order valence-corrected chi connectivity index (χ4v) is 2.81. The molecule has 0 bridgehead atoms. The monoisotopic (exact) mass is 304 g/mol. The summed E-state index contributed by atoms with van der Waals surface area (Å²) in [6.07, 6.45) is -0.417. The lowest BCUT2D eigenvalue weighted by Gasteiger charge is -2.38. The van der Waals surface area contributed by atoms with Gasteiger partial charge < -0.3 is 15.4 Å². The number of carbonyl (C=O) groups is 1. The van der Waals surface area contributed by atoms with Crippen LogP contribution in [-0.4, -0.2) is 18.1 Å². The zero-order chi connectivity index (χ0) is 16.6. The molecule has 4 heteroatoms. The van der Waals surface area contributed by atoms with Gasteiger partial charge in [-0.1, -0.05) is 33.8 Å². The molecule has 2 unspecified atom stereocenters. The molecule has 2 rings (SSSR count). The van der Waals surface area contributed by atoms with E-state index in [1.807, 2.05) is 50.8 Å². The minimum absolute atomic E-state index is 0.0350. The van der Waals surface area contributed by atoms with E-state index in [4.69, 9.17) is 10.5 Å². The number of ether oxygens (including phenoxy) is 1. The van der Waals surface area contributed by atoms with Gasteiger partial charge in [-0.15, -0.1) is 0 Å². The second-order valence-electron chi connectivity index (χ2n) is 7.08. The lowest BCUT2D eigenvalue weighted by Crippen LogP contribution is -2.51. The maximum absolute atomic E-state index is 12.8. The van der Waals surface area contributed by atoms with Gasteiger partial charge in [0.2, 0.25) is 0 Å². The average Bonchev–Trinajstić information content (AvgIpc) is 2.44. The Kier molecular flexibility index (Phi) is 4.81. The van der Waals surface area contributed by atoms with Gasteiger partial charge in [-0.2, -0.15) is 0 Å². The van der Waals surface area contributed by atoms with Crippen LogP contribution in [0.25, 0.3) is 0 Å². The summed E-state index contributed by atoms with van der Waals surface area (Å²) in [4.78, 5) is 14.6. The van der Waals surface area contributed by atoms with Crippen molar-refractivity contribution in [1.82, 2.24) is 0 Å². The third kappa shape index (κ3) is 2.98. The van der Waals surface area contributed by atoms with Gasteiger partial charge in [0.15, 0.2) is 6.10 Å². The summed E-state index contributed by atoms with van der Waals surface area (Å²) in [5.74, 6) is 1.29. The zero-order valence-corrected chi connectivity index (χ0v) is 14.5. The minimum atomic E-state index is -0.417. The molecule has 1 aliphatic rings. The van der Waals surface area contributed by atoms with Crippen LogP contribution in [-0.2, 0) is 4.79 Å². The van der Waals surface area contributed by atoms with Crippen molar-refractivity contribution >= 4 is 11.6 Å². The Morgan fingerprint density at radius 3 is 2.27 bits per heavy atom. The van der Waals surface area contributed by atoms with Gasteiger partial charge in [-0.25, -0.2) is 0 Å². The molecule has 22 heavy (non-hydrogen) atoms. The van der Waals surface area contributed by atoms with Gasteiger partial charge >= 0.3 is 0 Å². The van der Waals surface area contributed by atoms with Gasteiger partial charge in [0.25, 0.3) is 5.91 Å². The number of nitrogens with zero attached hydrogens (tertiary/aromatic N) is 1. The Labute approximate surface area is 133 Å². The van der Waals surface area contributed by atoms with E-state index in [9.17, 15) is 4.79 Å². The van der Waals surface area contributed by atoms with Crippen LogP contribution in [0.4, 0.5) is 5.69 Å². The van der Waals surface area contributed by atoms with Gasteiger partial charge in [-0.3, -0.25) is 4.79 Å². The first-order valence-corrected chi connectivity index (χ1v) is 8.13. The van der Waals surface area contributed by atoms with E-state index >= 15 is 0 Å². The van der Waals surface area contributed by atoms with Crippen LogP contribution < -0.4 is 15.4 Å². The van der Waals surface area contributed by atoms with Crippen molar-refractivity contribution in [3.8, 4) is 5.75 Å². The number of fused-ring (bicyclic) bond motifs is 1. The van der Waals surface area contributed by atoms with E-state index < -0.39 is 6.10 Å². The topological polar surface area (TPSA) is 55.6 Å². The fraction of sp³-hybridized carbons (Fsp3) is 0.611. The SMILES string of the molecule is CC(C)C1Oc2ccc(C(N)C(C)C)cc2N(C(C)C)C1=O. The van der Waals surface area contributed by atoms with Crippen LogP contribution >= 0.6 is 0 Å². The Bertz CT molecular complexity index is 552. The van der Waals surface area contributed by atoms with E-state index in [1.54, 1.807) is 0 Å². The van der Waals surface area contributed by atoms with Gasteiger partial charge in [0.05, 0.1) is 5.69 Å². The first-order chi connectivity index (χ1) is 10.2. The Morgan fingerprint density at radius 2 is 1.77 bits per heavy atom. The van der Waals surface area contributed by atoms with Crippen LogP contribution in [0.2, 0.25) is 0 Å². The molecule has 2 N–H and O–H groups in total. The highest BCUT2D eigenvalue weighted by Crippen LogP contribution is 2.39. The van der Waals surface area contributed by atoms with E-state index in [1.165, 1.54) is 0 Å². The van der Waals surface area contributed by atoms with Crippen LogP contribution in [0.3, 0.4) is 0 Å². The number of rotatable bonds is 4. The first-order valence-electron chi connectivity index (χ1n) is 8.13. The summed E-state index contributed by atoms with van der Waals surface area (Å²) < 4.78 is 5.95. The number of anilines is 1. The summed E-state index contributed by atoms with van der Waals surface area (Å²) in [5, 5.41) is 0. The predicted octanol–water partition coefficient (Wildman–Crippen LogP) is 3.50. The van der Waals surface area contributed by atoms with Gasteiger partial charge in [0.1, 0.15) is 5.75 Å². The quantitative estimate of drug-likeness (QED) is 0.926. The summed E-state index contributed by atoms with van der Waals surface area (Å²) in [7, 11) is 0. The second-order valence-corrected chi connectivity index (χ2v) is 7.08. The molecule has 1 heterocycles. The van der Waals surface area contributed by atoms with Crippen molar-refractivity contribution < 1.29 is 9.53 Å². The molecule has 0 spiro atoms. The molecule has 0 fully saturated rings. The molecule has 0 aromatic heterocycles. The number of carbonyl (C=O) groups excluding carboxylic acids is 1. The van der Waals surface area contributed by atoms with Gasteiger partial charge in [-0.05, 0) is 43.4 Å². The van der Waals surface area contributed by atoms with Crippen LogP contribution in [0.5, 0.6) is 5.75 Å². The third-order valence-electron chi connectivity index (χ3n) is 4.20. The van der Waals surface area contributed by atoms with Crippen molar-refractivity contribution in [1.29, 1.82) is 0 Å². The molecule has 1 amide bonds. The van der Waals surface area contributed by atoms with Crippen LogP contribution in [0.1, 0.15) is 53.1 Å². The number of hydrogen-bond acceptors (Lipinski definition) is 3. The van der Waals surface area contributed by atoms with Gasteiger partial charge in [0, 0.05) is 12.1 Å². The van der Waals surface area contributed by atoms with Crippen molar-refractivity contribution in [2.45, 2.75) is 59.7 Å². The largest absolute Gasteiger partial charge is 0.478 e. The minimum Gasteiger partial charge on any atom is -0.478 e. The standard InChI is InChI=1S/C18H28N2O2/c1-10(2)16(19)13-7-8-15-14(9-13)20(12(5)6)18(21)17(22-15)11(3)4/h7-12,16-17H,19H2,1-6H3. The molecule has 0 radical (unpaired) electrons. The fourth-order valence-electron chi connectivity index (χ4n) is 2.81. The highest BCUT2D eigenvalue weighted by molar-refractivity contribution is 6.00. The maximum Gasteiger partial charge on any atom is 0.268 e. The predicted molar refractivity (Wildman–Crippen MR) is 90.1 cm³/mol. The number of nitrogens with two attached hydrogens (primary N) is 1. The summed E-state index contributed by atoms with van der Waals surface area (Å²) >= 11 is 0. The molecule has 1 aromatic carbocycles. The molecule has 0 saturated carbocycles. The smallest absolute Gasteiger partial charge is 0.268 e. The van der Waals surface area contributed by atoms with Crippen molar-refractivity contribution in [2.75, 3.05) is 4.90 Å². The molecule has 1 aliphatic heterocycles. The highest BCUT2D eigenvalue weighted by atomic mass is 16.5. The van der Waals surface area contributed by atoms with Crippen LogP contribution in [0, 0.1) is 11.8 Å². The maximum atomic E-state index is 12.8. The van der Waals surface area contributed by atoms with E-state index in [-0.39, 0.29) is 23.9 Å². The average molecular weight is 304 g/mol. The summed E-state index contributed by atoms with van der Waals surface area (Å²) in [5.41, 5.74) is 8.14. The number of hydrogen-bond donors (Lipinski definition) is 1. The molecule has 2 atom stereocenters. The number of amides is 1. The normalized spacial score (nSPS) is 19.6. The molecule has 4 nitrogen and oxygen atoms in total. The molecule has 0 aliphatic carbocycles. The van der Waals surface area contributed by atoms with Crippen LogP contribution in [0.15, 0.2) is 18.2 Å². The Hall–Kier alpha value is -1.55. The molecular weight excluding hydrogens is 276 g/mol. The zero-order valence-electron chi connectivity index (χ0n) is 14.5.